The van der Waals surface area contributed by atoms with E-state index in [1.165, 1.54) is 5.56 Å². The maximum atomic E-state index is 6.18. The Kier molecular flexibility index (Phi) is 9.62. The first-order chi connectivity index (χ1) is 13.6. The molecular weight excluding hydrogens is 429 g/mol. The van der Waals surface area contributed by atoms with E-state index in [1.54, 1.807) is 7.11 Å². The Morgan fingerprint density at radius 2 is 1.48 bits per heavy atom. The van der Waals surface area contributed by atoms with Gasteiger partial charge < -0.3 is 14.8 Å². The van der Waals surface area contributed by atoms with Crippen LogP contribution in [0.2, 0.25) is 10.0 Å². The van der Waals surface area contributed by atoms with Crippen LogP contribution in [0.4, 0.5) is 0 Å². The Labute approximate surface area is 188 Å². The van der Waals surface area contributed by atoms with Gasteiger partial charge in [-0.3, -0.25) is 0 Å². The van der Waals surface area contributed by atoms with Gasteiger partial charge in [0.2, 0.25) is 0 Å². The van der Waals surface area contributed by atoms with E-state index in [0.29, 0.717) is 18.2 Å². The van der Waals surface area contributed by atoms with Gasteiger partial charge >= 0.3 is 0 Å². The fourth-order valence-electron chi connectivity index (χ4n) is 2.82. The molecule has 3 rings (SSSR count). The van der Waals surface area contributed by atoms with E-state index in [2.05, 4.69) is 17.4 Å². The summed E-state index contributed by atoms with van der Waals surface area (Å²) in [6, 6.07) is 21.5. The zero-order valence-electron chi connectivity index (χ0n) is 16.2. The van der Waals surface area contributed by atoms with Crippen molar-refractivity contribution < 1.29 is 9.47 Å². The van der Waals surface area contributed by atoms with Gasteiger partial charge in [0.1, 0.15) is 18.1 Å². The van der Waals surface area contributed by atoms with Crippen LogP contribution in [0.5, 0.6) is 11.5 Å². The van der Waals surface area contributed by atoms with Crippen LogP contribution in [0.1, 0.15) is 16.7 Å². The second-order valence-electron chi connectivity index (χ2n) is 6.44. The molecule has 0 aromatic heterocycles. The highest BCUT2D eigenvalue weighted by Crippen LogP contribution is 2.24. The summed E-state index contributed by atoms with van der Waals surface area (Å²) < 4.78 is 11.2. The molecule has 0 heterocycles. The third-order valence-electron chi connectivity index (χ3n) is 4.40. The summed E-state index contributed by atoms with van der Waals surface area (Å²) in [6.45, 7) is 2.03. The van der Waals surface area contributed by atoms with Crippen LogP contribution in [-0.4, -0.2) is 13.7 Å². The first kappa shape index (κ1) is 23.4. The number of ether oxygens (including phenoxy) is 2. The van der Waals surface area contributed by atoms with Crippen LogP contribution in [0.25, 0.3) is 0 Å². The lowest BCUT2D eigenvalue weighted by Crippen LogP contribution is -2.17. The highest BCUT2D eigenvalue weighted by atomic mass is 35.5. The van der Waals surface area contributed by atoms with Crippen LogP contribution >= 0.6 is 35.6 Å². The molecule has 3 aromatic carbocycles. The number of rotatable bonds is 9. The minimum absolute atomic E-state index is 0. The lowest BCUT2D eigenvalue weighted by molar-refractivity contribution is 0.302. The summed E-state index contributed by atoms with van der Waals surface area (Å²) in [7, 11) is 1.67. The molecule has 0 radical (unpaired) electrons. The molecule has 0 aliphatic rings. The maximum absolute atomic E-state index is 6.18. The maximum Gasteiger partial charge on any atom is 0.124 e. The van der Waals surface area contributed by atoms with Crippen LogP contribution in [0.15, 0.2) is 66.7 Å². The molecule has 154 valence electrons. The van der Waals surface area contributed by atoms with E-state index in [9.17, 15) is 0 Å². The second-order valence-corrected chi connectivity index (χ2v) is 7.31. The van der Waals surface area contributed by atoms with E-state index >= 15 is 0 Å². The molecule has 1 N–H and O–H groups in total. The van der Waals surface area contributed by atoms with Crippen LogP contribution in [0, 0.1) is 0 Å². The van der Waals surface area contributed by atoms with Crippen molar-refractivity contribution in [3.05, 3.63) is 93.5 Å². The molecule has 0 aliphatic heterocycles. The van der Waals surface area contributed by atoms with Gasteiger partial charge in [-0.2, -0.15) is 0 Å². The predicted octanol–water partition coefficient (Wildman–Crippen LogP) is 6.34. The van der Waals surface area contributed by atoms with Crippen molar-refractivity contribution in [1.82, 2.24) is 5.32 Å². The molecule has 3 nitrogen and oxygen atoms in total. The number of methoxy groups -OCH3 is 1. The molecule has 6 heteroatoms. The number of hydrogen-bond acceptors (Lipinski definition) is 3. The Morgan fingerprint density at radius 1 is 0.828 bits per heavy atom. The zero-order chi connectivity index (χ0) is 19.8. The molecule has 0 saturated carbocycles. The third kappa shape index (κ3) is 7.45. The van der Waals surface area contributed by atoms with E-state index in [4.69, 9.17) is 32.7 Å². The quantitative estimate of drug-likeness (QED) is 0.384. The average Bonchev–Trinajstić information content (AvgIpc) is 2.72. The summed E-state index contributed by atoms with van der Waals surface area (Å²) >= 11 is 12.1. The number of hydrogen-bond donors (Lipinski definition) is 1. The summed E-state index contributed by atoms with van der Waals surface area (Å²) in [6.07, 6.45) is 0.936. The van der Waals surface area contributed by atoms with Crippen molar-refractivity contribution in [2.45, 2.75) is 19.6 Å². The summed E-state index contributed by atoms with van der Waals surface area (Å²) in [5.41, 5.74) is 3.37. The predicted molar refractivity (Wildman–Crippen MR) is 123 cm³/mol. The van der Waals surface area contributed by atoms with E-state index in [0.717, 1.165) is 40.6 Å². The molecule has 0 amide bonds. The largest absolute Gasteiger partial charge is 0.497 e. The van der Waals surface area contributed by atoms with E-state index < -0.39 is 0 Å². The minimum Gasteiger partial charge on any atom is -0.497 e. The minimum atomic E-state index is 0. The third-order valence-corrected chi connectivity index (χ3v) is 4.88. The fraction of sp³-hybridized carbons (Fsp3) is 0.217. The summed E-state index contributed by atoms with van der Waals surface area (Å²) in [4.78, 5) is 0. The van der Waals surface area contributed by atoms with Crippen molar-refractivity contribution in [2.24, 2.45) is 0 Å². The topological polar surface area (TPSA) is 30.5 Å². The zero-order valence-corrected chi connectivity index (χ0v) is 18.5. The fourth-order valence-corrected chi connectivity index (χ4v) is 3.14. The van der Waals surface area contributed by atoms with Gasteiger partial charge in [0.05, 0.1) is 7.11 Å². The van der Waals surface area contributed by atoms with Crippen LogP contribution in [0.3, 0.4) is 0 Å². The second kappa shape index (κ2) is 11.9. The first-order valence-corrected chi connectivity index (χ1v) is 9.89. The van der Waals surface area contributed by atoms with Crippen molar-refractivity contribution in [3.63, 3.8) is 0 Å². The van der Waals surface area contributed by atoms with Crippen molar-refractivity contribution in [2.75, 3.05) is 13.7 Å². The normalized spacial score (nSPS) is 10.3. The molecule has 0 aliphatic carbocycles. The first-order valence-electron chi connectivity index (χ1n) is 9.13. The Morgan fingerprint density at radius 3 is 2.17 bits per heavy atom. The van der Waals surface area contributed by atoms with Gasteiger partial charge in [0.25, 0.3) is 0 Å². The van der Waals surface area contributed by atoms with Crippen LogP contribution in [-0.2, 0) is 19.6 Å². The van der Waals surface area contributed by atoms with Gasteiger partial charge in [-0.05, 0) is 66.6 Å². The monoisotopic (exact) mass is 451 g/mol. The van der Waals surface area contributed by atoms with Gasteiger partial charge in [0, 0.05) is 22.2 Å². The van der Waals surface area contributed by atoms with Gasteiger partial charge in [-0.1, -0.05) is 47.5 Å². The summed E-state index contributed by atoms with van der Waals surface area (Å²) in [5, 5.41) is 4.88. The summed E-state index contributed by atoms with van der Waals surface area (Å²) in [5.74, 6) is 1.70. The van der Waals surface area contributed by atoms with Crippen molar-refractivity contribution >= 4 is 35.6 Å². The van der Waals surface area contributed by atoms with E-state index in [-0.39, 0.29) is 12.4 Å². The SMILES string of the molecule is COc1ccc(CCNCc2cc(Cl)ccc2OCc2ccc(Cl)cc2)cc1.Cl. The molecule has 0 spiro atoms. The van der Waals surface area contributed by atoms with Crippen molar-refractivity contribution in [1.29, 1.82) is 0 Å². The molecule has 0 saturated heterocycles. The number of nitrogens with one attached hydrogen (secondary N) is 1. The van der Waals surface area contributed by atoms with Gasteiger partial charge in [-0.15, -0.1) is 12.4 Å². The molecule has 0 bridgehead atoms. The van der Waals surface area contributed by atoms with Crippen LogP contribution < -0.4 is 14.8 Å². The molecule has 0 fully saturated rings. The molecular formula is C23H24Cl3NO2. The highest BCUT2D eigenvalue weighted by molar-refractivity contribution is 6.30. The van der Waals surface area contributed by atoms with Gasteiger partial charge in [0.15, 0.2) is 0 Å². The molecule has 0 unspecified atom stereocenters. The van der Waals surface area contributed by atoms with Crippen molar-refractivity contribution in [3.8, 4) is 11.5 Å². The Hall–Kier alpha value is -1.91. The Balaban J connectivity index is 0.00000300. The smallest absolute Gasteiger partial charge is 0.124 e. The highest BCUT2D eigenvalue weighted by Gasteiger charge is 2.06. The number of benzene rings is 3. The van der Waals surface area contributed by atoms with Gasteiger partial charge in [-0.25, -0.2) is 0 Å². The number of halogens is 3. The molecule has 29 heavy (non-hydrogen) atoms. The average molecular weight is 453 g/mol. The Bertz CT molecular complexity index is 884. The molecule has 3 aromatic rings. The lowest BCUT2D eigenvalue weighted by atomic mass is 10.1. The van der Waals surface area contributed by atoms with E-state index in [1.807, 2.05) is 54.6 Å². The lowest BCUT2D eigenvalue weighted by Gasteiger charge is -2.13. The molecule has 0 atom stereocenters. The standard InChI is InChI=1S/C23H23Cl2NO2.ClH/c1-27-22-9-4-17(5-10-22)12-13-26-15-19-14-21(25)8-11-23(19)28-16-18-2-6-20(24)7-3-18;/h2-11,14,26H,12-13,15-16H2,1H3;1H.